The number of aromatic amines is 1. The number of nitrogens with zero attached hydrogens (tertiary/aromatic N) is 2. The molecule has 1 aliphatic heterocycles. The van der Waals surface area contributed by atoms with Crippen molar-refractivity contribution in [2.45, 2.75) is 49.9 Å². The molecule has 190 valence electrons. The van der Waals surface area contributed by atoms with Crippen LogP contribution in [0.2, 0.25) is 0 Å². The first kappa shape index (κ1) is 24.4. The fraction of sp³-hybridized carbons (Fsp3) is 0.393. The summed E-state index contributed by atoms with van der Waals surface area (Å²) >= 11 is 0. The van der Waals surface area contributed by atoms with Crippen molar-refractivity contribution in [2.75, 3.05) is 29.4 Å². The number of para-hydroxylation sites is 1. The van der Waals surface area contributed by atoms with E-state index < -0.39 is 15.6 Å². The maximum atomic E-state index is 13.6. The average molecular weight is 506 g/mol. The van der Waals surface area contributed by atoms with Crippen LogP contribution >= 0.6 is 10.0 Å². The summed E-state index contributed by atoms with van der Waals surface area (Å²) in [6.07, 6.45) is 9.56. The highest BCUT2D eigenvalue weighted by atomic mass is 32.3. The maximum Gasteiger partial charge on any atom is 0.322 e. The first-order valence-electron chi connectivity index (χ1n) is 12.3. The lowest BCUT2D eigenvalue weighted by atomic mass is 9.83. The molecule has 1 saturated carbocycles. The Morgan fingerprint density at radius 3 is 2.28 bits per heavy atom. The number of carbonyl (C=O) groups is 2. The van der Waals surface area contributed by atoms with E-state index in [1.54, 1.807) is 4.90 Å². The van der Waals surface area contributed by atoms with Gasteiger partial charge in [-0.3, -0.25) is 9.89 Å². The zero-order valence-electron chi connectivity index (χ0n) is 21.6. The number of rotatable bonds is 5. The molecule has 0 radical (unpaired) electrons. The van der Waals surface area contributed by atoms with E-state index in [0.717, 1.165) is 47.3 Å². The summed E-state index contributed by atoms with van der Waals surface area (Å²) in [6.45, 7) is 4.36. The molecule has 36 heavy (non-hydrogen) atoms. The SMILES string of the molecule is CC1(C)c2[nH]nc(NC(=O)C3(S(C)(C)C)CCC3)c2CN1C(=O)Nc1ccccc1-c1ccccc1. The van der Waals surface area contributed by atoms with E-state index >= 15 is 0 Å². The van der Waals surface area contributed by atoms with E-state index in [4.69, 9.17) is 0 Å². The van der Waals surface area contributed by atoms with Crippen LogP contribution in [0.3, 0.4) is 0 Å². The summed E-state index contributed by atoms with van der Waals surface area (Å²) in [5.74, 6) is 0.598. The molecule has 1 fully saturated rings. The van der Waals surface area contributed by atoms with Crippen LogP contribution in [0.4, 0.5) is 16.3 Å². The van der Waals surface area contributed by atoms with Gasteiger partial charge in [0.1, 0.15) is 0 Å². The number of aromatic nitrogens is 2. The molecule has 0 unspecified atom stereocenters. The first-order valence-corrected chi connectivity index (χ1v) is 15.2. The van der Waals surface area contributed by atoms with Crippen molar-refractivity contribution < 1.29 is 9.59 Å². The van der Waals surface area contributed by atoms with Gasteiger partial charge in [-0.15, -0.1) is 0 Å². The van der Waals surface area contributed by atoms with Gasteiger partial charge in [0.15, 0.2) is 5.82 Å². The molecule has 1 aliphatic carbocycles. The van der Waals surface area contributed by atoms with Gasteiger partial charge in [-0.1, -0.05) is 48.5 Å². The van der Waals surface area contributed by atoms with Crippen LogP contribution < -0.4 is 10.6 Å². The number of benzene rings is 2. The quantitative estimate of drug-likeness (QED) is 0.402. The van der Waals surface area contributed by atoms with Gasteiger partial charge in [0, 0.05) is 11.1 Å². The second-order valence-corrected chi connectivity index (χ2v) is 15.5. The minimum Gasteiger partial charge on any atom is -0.309 e. The van der Waals surface area contributed by atoms with E-state index in [0.29, 0.717) is 12.4 Å². The smallest absolute Gasteiger partial charge is 0.309 e. The van der Waals surface area contributed by atoms with Crippen molar-refractivity contribution in [2.24, 2.45) is 0 Å². The van der Waals surface area contributed by atoms with Crippen LogP contribution in [0, 0.1) is 0 Å². The summed E-state index contributed by atoms with van der Waals surface area (Å²) < 4.78 is -0.300. The highest BCUT2D eigenvalue weighted by molar-refractivity contribution is 8.33. The molecule has 2 aliphatic rings. The molecule has 5 rings (SSSR count). The predicted octanol–water partition coefficient (Wildman–Crippen LogP) is 5.91. The van der Waals surface area contributed by atoms with Crippen LogP contribution in [0.5, 0.6) is 0 Å². The minimum atomic E-state index is -1.08. The minimum absolute atomic E-state index is 0.0584. The third-order valence-corrected chi connectivity index (χ3v) is 10.9. The highest BCUT2D eigenvalue weighted by Crippen LogP contribution is 2.60. The molecule has 0 bridgehead atoms. The van der Waals surface area contributed by atoms with Gasteiger partial charge < -0.3 is 15.5 Å². The van der Waals surface area contributed by atoms with E-state index in [9.17, 15) is 9.59 Å². The third kappa shape index (κ3) is 3.88. The second kappa shape index (κ2) is 8.69. The van der Waals surface area contributed by atoms with E-state index in [1.807, 2.05) is 68.4 Å². The summed E-state index contributed by atoms with van der Waals surface area (Å²) in [6, 6.07) is 17.6. The maximum absolute atomic E-state index is 13.6. The van der Waals surface area contributed by atoms with Crippen LogP contribution in [-0.2, 0) is 16.9 Å². The lowest BCUT2D eigenvalue weighted by Crippen LogP contribution is -2.51. The van der Waals surface area contributed by atoms with Gasteiger partial charge in [0.25, 0.3) is 0 Å². The molecule has 3 N–H and O–H groups in total. The van der Waals surface area contributed by atoms with E-state index in [2.05, 4.69) is 39.6 Å². The lowest BCUT2D eigenvalue weighted by Gasteiger charge is -2.53. The second-order valence-electron chi connectivity index (χ2n) is 11.1. The van der Waals surface area contributed by atoms with E-state index in [1.165, 1.54) is 0 Å². The number of carbonyl (C=O) groups excluding carboxylic acids is 2. The van der Waals surface area contributed by atoms with Gasteiger partial charge in [-0.25, -0.2) is 14.8 Å². The number of anilines is 2. The van der Waals surface area contributed by atoms with Gasteiger partial charge >= 0.3 is 6.03 Å². The molecule has 2 aromatic carbocycles. The van der Waals surface area contributed by atoms with Crippen molar-refractivity contribution in [3.8, 4) is 11.1 Å². The van der Waals surface area contributed by atoms with Crippen molar-refractivity contribution >= 4 is 33.5 Å². The molecule has 0 saturated heterocycles. The van der Waals surface area contributed by atoms with Crippen molar-refractivity contribution in [1.82, 2.24) is 15.1 Å². The largest absolute Gasteiger partial charge is 0.322 e. The fourth-order valence-electron chi connectivity index (χ4n) is 5.43. The number of nitrogens with one attached hydrogen (secondary N) is 3. The molecule has 0 atom stereocenters. The molecular formula is C28H35N5O2S. The molecule has 3 aromatic rings. The Morgan fingerprint density at radius 1 is 0.972 bits per heavy atom. The Hall–Kier alpha value is -3.26. The molecule has 2 heterocycles. The van der Waals surface area contributed by atoms with Gasteiger partial charge in [-0.05, 0) is 63.5 Å². The predicted molar refractivity (Wildman–Crippen MR) is 149 cm³/mol. The van der Waals surface area contributed by atoms with Crippen molar-refractivity contribution in [3.05, 3.63) is 65.9 Å². The van der Waals surface area contributed by atoms with Crippen LogP contribution in [0.15, 0.2) is 54.6 Å². The fourth-order valence-corrected chi connectivity index (χ4v) is 7.55. The Morgan fingerprint density at radius 2 is 1.64 bits per heavy atom. The van der Waals surface area contributed by atoms with Crippen molar-refractivity contribution in [3.63, 3.8) is 0 Å². The number of amides is 3. The topological polar surface area (TPSA) is 90.1 Å². The zero-order chi connectivity index (χ0) is 25.7. The summed E-state index contributed by atoms with van der Waals surface area (Å²) in [5, 5.41) is 13.8. The van der Waals surface area contributed by atoms with E-state index in [-0.39, 0.29) is 16.7 Å². The zero-order valence-corrected chi connectivity index (χ0v) is 22.5. The number of urea groups is 1. The van der Waals surface area contributed by atoms with Gasteiger partial charge in [0.05, 0.1) is 28.2 Å². The average Bonchev–Trinajstić information content (AvgIpc) is 3.31. The Labute approximate surface area is 214 Å². The number of hydrogen-bond donors (Lipinski definition) is 3. The molecule has 0 spiro atoms. The van der Waals surface area contributed by atoms with Crippen LogP contribution in [0.25, 0.3) is 11.1 Å². The molecule has 3 amide bonds. The number of hydrogen-bond acceptors (Lipinski definition) is 3. The molecule has 1 aromatic heterocycles. The first-order chi connectivity index (χ1) is 17.0. The Kier molecular flexibility index (Phi) is 5.90. The normalized spacial score (nSPS) is 18.2. The van der Waals surface area contributed by atoms with Gasteiger partial charge in [0.2, 0.25) is 5.91 Å². The van der Waals surface area contributed by atoms with Gasteiger partial charge in [-0.2, -0.15) is 5.10 Å². The third-order valence-electron chi connectivity index (χ3n) is 7.95. The van der Waals surface area contributed by atoms with Crippen molar-refractivity contribution in [1.29, 1.82) is 0 Å². The van der Waals surface area contributed by atoms with Crippen LogP contribution in [-0.4, -0.2) is 50.5 Å². The lowest BCUT2D eigenvalue weighted by molar-refractivity contribution is -0.120. The summed E-state index contributed by atoms with van der Waals surface area (Å²) in [7, 11) is -1.08. The molecule has 8 heteroatoms. The number of fused-ring (bicyclic) bond motifs is 1. The molecular weight excluding hydrogens is 470 g/mol. The monoisotopic (exact) mass is 505 g/mol. The highest BCUT2D eigenvalue weighted by Gasteiger charge is 2.51. The van der Waals surface area contributed by atoms with Crippen LogP contribution in [0.1, 0.15) is 44.4 Å². The molecule has 7 nitrogen and oxygen atoms in total. The number of H-pyrrole nitrogens is 1. The summed E-state index contributed by atoms with van der Waals surface area (Å²) in [5.41, 5.74) is 3.88. The Bertz CT molecular complexity index is 1300. The standard InChI is InChI=1S/C28H35N5O2S/c1-27(2)23-21(24(32-31-23)30-25(34)28(16-11-17-28)36(3,4)5)18-33(27)26(35)29-22-15-10-9-14-20(22)19-12-7-6-8-13-19/h6-10,12-15H,11,16-18H2,1-5H3,(H,29,35)(H2,30,31,32,34). The Balaban J connectivity index is 1.37. The summed E-state index contributed by atoms with van der Waals surface area (Å²) in [4.78, 5) is 28.8.